The lowest BCUT2D eigenvalue weighted by molar-refractivity contribution is 0.280. The minimum absolute atomic E-state index is 0.0598. The molecule has 0 N–H and O–H groups in total. The summed E-state index contributed by atoms with van der Waals surface area (Å²) in [7, 11) is 1.21. The summed E-state index contributed by atoms with van der Waals surface area (Å²) in [5, 5.41) is 0. The molecule has 150 valence electrons. The summed E-state index contributed by atoms with van der Waals surface area (Å²) < 4.78 is 59.9. The van der Waals surface area contributed by atoms with Crippen LogP contribution in [0.15, 0.2) is 48.3 Å². The number of hydrogen-bond donors (Lipinski definition) is 0. The van der Waals surface area contributed by atoms with Crippen molar-refractivity contribution in [3.63, 3.8) is 0 Å². The van der Waals surface area contributed by atoms with Gasteiger partial charge in [-0.3, -0.25) is 0 Å². The van der Waals surface area contributed by atoms with E-state index in [1.54, 1.807) is 19.1 Å². The minimum atomic E-state index is -1.14. The zero-order valence-electron chi connectivity index (χ0n) is 16.5. The fourth-order valence-electron chi connectivity index (χ4n) is 2.70. The fraction of sp³-hybridized carbons (Fsp3) is 0.455. The molecule has 0 aliphatic rings. The first-order chi connectivity index (χ1) is 12.6. The van der Waals surface area contributed by atoms with Crippen molar-refractivity contribution in [1.82, 2.24) is 0 Å². The van der Waals surface area contributed by atoms with E-state index in [1.807, 2.05) is 6.92 Å². The third-order valence-electron chi connectivity index (χ3n) is 4.92. The molecule has 0 fully saturated rings. The van der Waals surface area contributed by atoms with Crippen LogP contribution in [0.4, 0.5) is 17.6 Å². The monoisotopic (exact) mass is 384 g/mol. The molecule has 0 heterocycles. The molecule has 0 bridgehead atoms. The Labute approximate surface area is 159 Å². The number of halogens is 4. The van der Waals surface area contributed by atoms with Crippen molar-refractivity contribution in [2.24, 2.45) is 11.8 Å². The fourth-order valence-corrected chi connectivity index (χ4v) is 2.70. The van der Waals surface area contributed by atoms with Crippen LogP contribution < -0.4 is 0 Å². The van der Waals surface area contributed by atoms with Gasteiger partial charge < -0.3 is 4.74 Å². The van der Waals surface area contributed by atoms with Gasteiger partial charge in [0.25, 0.3) is 0 Å². The van der Waals surface area contributed by atoms with Gasteiger partial charge in [0.15, 0.2) is 23.3 Å². The van der Waals surface area contributed by atoms with Crippen molar-refractivity contribution in [3.8, 4) is 0 Å². The van der Waals surface area contributed by atoms with Crippen LogP contribution in [0, 0.1) is 30.4 Å². The van der Waals surface area contributed by atoms with E-state index in [1.165, 1.54) is 14.0 Å². The van der Waals surface area contributed by atoms with Gasteiger partial charge >= 0.3 is 0 Å². The van der Waals surface area contributed by atoms with Crippen molar-refractivity contribution in [3.05, 3.63) is 71.0 Å². The zero-order chi connectivity index (χ0) is 20.7. The van der Waals surface area contributed by atoms with Gasteiger partial charge in [-0.25, -0.2) is 13.2 Å². The summed E-state index contributed by atoms with van der Waals surface area (Å²) in [5.74, 6) is -4.19. The minimum Gasteiger partial charge on any atom is -0.494 e. The number of rotatable bonds is 10. The summed E-state index contributed by atoms with van der Waals surface area (Å²) >= 11 is 0. The van der Waals surface area contributed by atoms with E-state index in [0.29, 0.717) is 24.8 Å². The molecule has 0 saturated heterocycles. The molecule has 1 nitrogen and oxygen atoms in total. The van der Waals surface area contributed by atoms with E-state index >= 15 is 0 Å². The van der Waals surface area contributed by atoms with Crippen LogP contribution in [-0.4, -0.2) is 7.11 Å². The highest BCUT2D eigenvalue weighted by molar-refractivity contribution is 5.33. The molecular weight excluding hydrogens is 356 g/mol. The number of methoxy groups -OCH3 is 1. The highest BCUT2D eigenvalue weighted by Gasteiger charge is 2.19. The summed E-state index contributed by atoms with van der Waals surface area (Å²) in [5.41, 5.74) is 0.705. The molecule has 0 radical (unpaired) electrons. The smallest absolute Gasteiger partial charge is 0.200 e. The lowest BCUT2D eigenvalue weighted by Crippen LogP contribution is -2.06. The van der Waals surface area contributed by atoms with Gasteiger partial charge in [-0.1, -0.05) is 45.6 Å². The Hall–Kier alpha value is -2.04. The van der Waals surface area contributed by atoms with Crippen LogP contribution in [-0.2, 0) is 11.2 Å². The maximum absolute atomic E-state index is 14.1. The van der Waals surface area contributed by atoms with Crippen LogP contribution in [0.1, 0.15) is 44.2 Å². The predicted octanol–water partition coefficient (Wildman–Crippen LogP) is 7.13. The second-order valence-corrected chi connectivity index (χ2v) is 7.07. The Bertz CT molecular complexity index is 721. The lowest BCUT2D eigenvalue weighted by atomic mass is 9.89. The van der Waals surface area contributed by atoms with E-state index < -0.39 is 23.3 Å². The average molecular weight is 384 g/mol. The molecular formula is C22H28F4O. The van der Waals surface area contributed by atoms with Gasteiger partial charge in [0.1, 0.15) is 5.76 Å². The van der Waals surface area contributed by atoms with Gasteiger partial charge in [-0.05, 0) is 54.7 Å². The van der Waals surface area contributed by atoms with Crippen LogP contribution in [0.5, 0.6) is 0 Å². The maximum atomic E-state index is 14.1. The summed E-state index contributed by atoms with van der Waals surface area (Å²) in [6, 6.07) is 3.18. The topological polar surface area (TPSA) is 9.23 Å². The van der Waals surface area contributed by atoms with E-state index in [-0.39, 0.29) is 28.7 Å². The van der Waals surface area contributed by atoms with Crippen LogP contribution in [0.25, 0.3) is 0 Å². The molecule has 0 aliphatic heterocycles. The molecule has 27 heavy (non-hydrogen) atoms. The molecule has 0 spiro atoms. The molecule has 1 aromatic carbocycles. The van der Waals surface area contributed by atoms with Gasteiger partial charge in [0, 0.05) is 0 Å². The zero-order valence-corrected chi connectivity index (χ0v) is 16.5. The molecule has 1 aromatic rings. The first kappa shape index (κ1) is 23.0. The van der Waals surface area contributed by atoms with Crippen LogP contribution in [0.3, 0.4) is 0 Å². The summed E-state index contributed by atoms with van der Waals surface area (Å²) in [6.07, 6.45) is 2.43. The first-order valence-electron chi connectivity index (χ1n) is 9.01. The quantitative estimate of drug-likeness (QED) is 0.237. The third-order valence-corrected chi connectivity index (χ3v) is 4.92. The molecule has 0 amide bonds. The predicted molar refractivity (Wildman–Crippen MR) is 102 cm³/mol. The van der Waals surface area contributed by atoms with Crippen LogP contribution in [0.2, 0.25) is 0 Å². The van der Waals surface area contributed by atoms with Gasteiger partial charge in [0.05, 0.1) is 7.11 Å². The van der Waals surface area contributed by atoms with E-state index in [2.05, 4.69) is 17.9 Å². The summed E-state index contributed by atoms with van der Waals surface area (Å²) in [4.78, 5) is 0. The largest absolute Gasteiger partial charge is 0.494 e. The van der Waals surface area contributed by atoms with E-state index in [9.17, 15) is 17.6 Å². The Balaban J connectivity index is 2.57. The van der Waals surface area contributed by atoms with E-state index in [0.717, 1.165) is 6.42 Å². The second-order valence-electron chi connectivity index (χ2n) is 7.07. The molecule has 5 heteroatoms. The van der Waals surface area contributed by atoms with Crippen molar-refractivity contribution in [2.45, 2.75) is 46.5 Å². The molecule has 0 saturated carbocycles. The number of allylic oxidation sites excluding steroid dienone is 3. The average Bonchev–Trinajstić information content (AvgIpc) is 2.67. The molecule has 0 aromatic heterocycles. The first-order valence-corrected chi connectivity index (χ1v) is 9.01. The number of benzene rings is 1. The Morgan fingerprint density at radius 2 is 1.63 bits per heavy atom. The lowest BCUT2D eigenvalue weighted by Gasteiger charge is -2.17. The number of ether oxygens (including phenoxy) is 1. The highest BCUT2D eigenvalue weighted by Crippen LogP contribution is 2.30. The highest BCUT2D eigenvalue weighted by atomic mass is 19.2. The Morgan fingerprint density at radius 3 is 2.22 bits per heavy atom. The second kappa shape index (κ2) is 10.3. The van der Waals surface area contributed by atoms with Crippen molar-refractivity contribution >= 4 is 0 Å². The molecule has 1 rings (SSSR count). The standard InChI is InChI=1S/C22H28F4O/c1-13(8-11-18-12-10-15(3)19(23)22(18)26)7-9-14(2)16(4)20(24)21(25)17(5)27-6/h10,12-14H,4-5,7-9,11H2,1-3,6H3/b21-20-. The van der Waals surface area contributed by atoms with E-state index in [4.69, 9.17) is 0 Å². The maximum Gasteiger partial charge on any atom is 0.200 e. The third kappa shape index (κ3) is 6.26. The van der Waals surface area contributed by atoms with Gasteiger partial charge in [-0.15, -0.1) is 0 Å². The van der Waals surface area contributed by atoms with Crippen LogP contribution >= 0.6 is 0 Å². The summed E-state index contributed by atoms with van der Waals surface area (Å²) in [6.45, 7) is 12.2. The molecule has 2 unspecified atom stereocenters. The Kier molecular flexibility index (Phi) is 8.80. The number of aryl methyl sites for hydroxylation is 2. The molecule has 0 aliphatic carbocycles. The van der Waals surface area contributed by atoms with Gasteiger partial charge in [0.2, 0.25) is 0 Å². The number of hydrogen-bond acceptors (Lipinski definition) is 1. The molecule has 2 atom stereocenters. The normalized spacial score (nSPS) is 14.4. The Morgan fingerprint density at radius 1 is 1.00 bits per heavy atom. The van der Waals surface area contributed by atoms with Crippen molar-refractivity contribution in [1.29, 1.82) is 0 Å². The van der Waals surface area contributed by atoms with Gasteiger partial charge in [-0.2, -0.15) is 4.39 Å². The van der Waals surface area contributed by atoms with Crippen molar-refractivity contribution in [2.75, 3.05) is 7.11 Å². The van der Waals surface area contributed by atoms with Crippen molar-refractivity contribution < 1.29 is 22.3 Å². The SMILES string of the molecule is C=C(OC)/C(F)=C(/F)C(=C)C(C)CCC(C)CCc1ccc(C)c(F)c1F.